The van der Waals surface area contributed by atoms with Gasteiger partial charge in [0, 0.05) is 30.8 Å². The number of benzene rings is 1. The van der Waals surface area contributed by atoms with Crippen LogP contribution in [-0.2, 0) is 10.4 Å². The molecule has 1 saturated carbocycles. The predicted molar refractivity (Wildman–Crippen MR) is 92.2 cm³/mol. The maximum Gasteiger partial charge on any atom is 0.340 e. The Morgan fingerprint density at radius 2 is 1.88 bits per heavy atom. The lowest BCUT2D eigenvalue weighted by molar-refractivity contribution is -0.167. The molecule has 2 saturated heterocycles. The molecule has 4 rings (SSSR count). The van der Waals surface area contributed by atoms with Crippen LogP contribution >= 0.6 is 0 Å². The standard InChI is InChI=1S/C20H25F2NO3/c21-19(22)7-6-15(11-19)20(26,18(24)25)14-3-1-2-12(8-14)13-9-16-4-5-17(10-13)23-16/h1-3,8,13,15-17,23,26H,4-7,9-11H2,(H,24,25)/t13?,15-,16?,17?,20+/m1/s1. The normalized spacial score (nSPS) is 35.2. The highest BCUT2D eigenvalue weighted by Crippen LogP contribution is 2.48. The largest absolute Gasteiger partial charge is 0.479 e. The van der Waals surface area contributed by atoms with Crippen LogP contribution in [0, 0.1) is 5.92 Å². The number of halogens is 2. The summed E-state index contributed by atoms with van der Waals surface area (Å²) in [5.74, 6) is -5.01. The number of fused-ring (bicyclic) bond motifs is 2. The zero-order valence-electron chi connectivity index (χ0n) is 14.6. The Morgan fingerprint density at radius 3 is 2.46 bits per heavy atom. The first kappa shape index (κ1) is 17.9. The van der Waals surface area contributed by atoms with Crippen molar-refractivity contribution in [3.8, 4) is 0 Å². The Hall–Kier alpha value is -1.53. The summed E-state index contributed by atoms with van der Waals surface area (Å²) < 4.78 is 27.3. The fourth-order valence-electron chi connectivity index (χ4n) is 5.20. The van der Waals surface area contributed by atoms with Gasteiger partial charge in [-0.2, -0.15) is 0 Å². The van der Waals surface area contributed by atoms with Crippen LogP contribution in [0.5, 0.6) is 0 Å². The fourth-order valence-corrected chi connectivity index (χ4v) is 5.20. The Balaban J connectivity index is 1.64. The third-order valence-electron chi connectivity index (χ3n) is 6.59. The quantitative estimate of drug-likeness (QED) is 0.765. The average molecular weight is 365 g/mol. The number of carboxylic acids is 1. The van der Waals surface area contributed by atoms with Gasteiger partial charge in [-0.3, -0.25) is 0 Å². The molecule has 1 aromatic rings. The molecule has 3 aliphatic rings. The fraction of sp³-hybridized carbons (Fsp3) is 0.650. The predicted octanol–water partition coefficient (Wildman–Crippen LogP) is 3.39. The molecule has 2 aliphatic heterocycles. The van der Waals surface area contributed by atoms with Gasteiger partial charge in [0.2, 0.25) is 5.92 Å². The van der Waals surface area contributed by atoms with Crippen molar-refractivity contribution in [3.63, 3.8) is 0 Å². The first-order valence-electron chi connectivity index (χ1n) is 9.48. The molecule has 0 aromatic heterocycles. The SMILES string of the molecule is O=C(O)[C@](O)(c1cccc(C2CC3CCC(C2)N3)c1)[C@@H]1CCC(F)(F)C1. The van der Waals surface area contributed by atoms with Crippen LogP contribution < -0.4 is 5.32 Å². The van der Waals surface area contributed by atoms with E-state index < -0.39 is 29.8 Å². The van der Waals surface area contributed by atoms with E-state index in [0.717, 1.165) is 31.2 Å². The van der Waals surface area contributed by atoms with Crippen molar-refractivity contribution >= 4 is 5.97 Å². The van der Waals surface area contributed by atoms with E-state index in [0.29, 0.717) is 18.0 Å². The van der Waals surface area contributed by atoms with E-state index in [1.54, 1.807) is 18.2 Å². The van der Waals surface area contributed by atoms with Gasteiger partial charge >= 0.3 is 5.97 Å². The van der Waals surface area contributed by atoms with E-state index in [1.807, 2.05) is 6.07 Å². The molecule has 0 spiro atoms. The number of alkyl halides is 2. The van der Waals surface area contributed by atoms with Crippen LogP contribution in [0.3, 0.4) is 0 Å². The summed E-state index contributed by atoms with van der Waals surface area (Å²) in [6.45, 7) is 0. The summed E-state index contributed by atoms with van der Waals surface area (Å²) in [5, 5.41) is 24.3. The van der Waals surface area contributed by atoms with Crippen molar-refractivity contribution in [2.45, 2.75) is 74.5 Å². The highest BCUT2D eigenvalue weighted by Gasteiger charge is 2.53. The third kappa shape index (κ3) is 3.03. The Morgan fingerprint density at radius 1 is 1.19 bits per heavy atom. The minimum atomic E-state index is -2.90. The van der Waals surface area contributed by atoms with Gasteiger partial charge in [-0.25, -0.2) is 13.6 Å². The van der Waals surface area contributed by atoms with Gasteiger partial charge in [-0.1, -0.05) is 24.3 Å². The summed E-state index contributed by atoms with van der Waals surface area (Å²) in [6.07, 6.45) is 3.37. The zero-order chi connectivity index (χ0) is 18.5. The molecule has 0 radical (unpaired) electrons. The van der Waals surface area contributed by atoms with Crippen LogP contribution in [0.2, 0.25) is 0 Å². The molecule has 1 aliphatic carbocycles. The molecule has 2 bridgehead atoms. The molecule has 6 heteroatoms. The van der Waals surface area contributed by atoms with Crippen LogP contribution in [-0.4, -0.2) is 34.2 Å². The van der Waals surface area contributed by atoms with E-state index in [9.17, 15) is 23.8 Å². The number of hydrogen-bond donors (Lipinski definition) is 3. The Bertz CT molecular complexity index is 698. The van der Waals surface area contributed by atoms with E-state index >= 15 is 0 Å². The molecule has 1 aromatic carbocycles. The number of aliphatic carboxylic acids is 1. The minimum absolute atomic E-state index is 0.0114. The molecule has 2 unspecified atom stereocenters. The van der Waals surface area contributed by atoms with E-state index in [4.69, 9.17) is 0 Å². The monoisotopic (exact) mass is 365 g/mol. The second-order valence-corrected chi connectivity index (χ2v) is 8.30. The molecule has 2 heterocycles. The molecular formula is C20H25F2NO3. The van der Waals surface area contributed by atoms with Crippen molar-refractivity contribution in [2.24, 2.45) is 5.92 Å². The van der Waals surface area contributed by atoms with Crippen LogP contribution in [0.1, 0.15) is 62.0 Å². The van der Waals surface area contributed by atoms with Gasteiger partial charge in [0.1, 0.15) is 0 Å². The molecular weight excluding hydrogens is 340 g/mol. The third-order valence-corrected chi connectivity index (χ3v) is 6.59. The molecule has 3 N–H and O–H groups in total. The summed E-state index contributed by atoms with van der Waals surface area (Å²) in [7, 11) is 0. The molecule has 0 amide bonds. The number of aliphatic hydroxyl groups is 1. The molecule has 4 nitrogen and oxygen atoms in total. The highest BCUT2D eigenvalue weighted by molar-refractivity contribution is 5.79. The van der Waals surface area contributed by atoms with Gasteiger partial charge in [0.05, 0.1) is 0 Å². The first-order chi connectivity index (χ1) is 12.3. The summed E-state index contributed by atoms with van der Waals surface area (Å²) in [6, 6.07) is 7.99. The van der Waals surface area contributed by atoms with Crippen molar-refractivity contribution < 1.29 is 23.8 Å². The molecule has 4 atom stereocenters. The van der Waals surface area contributed by atoms with E-state index in [2.05, 4.69) is 5.32 Å². The first-order valence-corrected chi connectivity index (χ1v) is 9.48. The van der Waals surface area contributed by atoms with Gasteiger partial charge < -0.3 is 15.5 Å². The lowest BCUT2D eigenvalue weighted by Crippen LogP contribution is -2.43. The minimum Gasteiger partial charge on any atom is -0.479 e. The highest BCUT2D eigenvalue weighted by atomic mass is 19.3. The second-order valence-electron chi connectivity index (χ2n) is 8.30. The van der Waals surface area contributed by atoms with Crippen LogP contribution in [0.4, 0.5) is 8.78 Å². The average Bonchev–Trinajstić information content (AvgIpc) is 3.15. The van der Waals surface area contributed by atoms with Gasteiger partial charge in [0.15, 0.2) is 5.60 Å². The number of hydrogen-bond acceptors (Lipinski definition) is 3. The molecule has 3 fully saturated rings. The topological polar surface area (TPSA) is 69.6 Å². The number of piperidine rings is 1. The Labute approximate surface area is 151 Å². The number of carboxylic acid groups (broad SMARTS) is 1. The number of carbonyl (C=O) groups is 1. The van der Waals surface area contributed by atoms with Crippen LogP contribution in [0.25, 0.3) is 0 Å². The number of nitrogens with one attached hydrogen (secondary N) is 1. The van der Waals surface area contributed by atoms with Crippen molar-refractivity contribution in [3.05, 3.63) is 35.4 Å². The van der Waals surface area contributed by atoms with Crippen molar-refractivity contribution in [1.29, 1.82) is 0 Å². The lowest BCUT2D eigenvalue weighted by Gasteiger charge is -2.33. The summed E-state index contributed by atoms with van der Waals surface area (Å²) in [4.78, 5) is 11.9. The van der Waals surface area contributed by atoms with E-state index in [-0.39, 0.29) is 18.4 Å². The number of rotatable bonds is 4. The molecule has 142 valence electrons. The smallest absolute Gasteiger partial charge is 0.340 e. The lowest BCUT2D eigenvalue weighted by atomic mass is 9.77. The zero-order valence-corrected chi connectivity index (χ0v) is 14.6. The molecule has 26 heavy (non-hydrogen) atoms. The van der Waals surface area contributed by atoms with Crippen molar-refractivity contribution in [1.82, 2.24) is 5.32 Å². The van der Waals surface area contributed by atoms with E-state index in [1.165, 1.54) is 0 Å². The maximum absolute atomic E-state index is 13.7. The van der Waals surface area contributed by atoms with Gasteiger partial charge in [0.25, 0.3) is 0 Å². The van der Waals surface area contributed by atoms with Gasteiger partial charge in [-0.15, -0.1) is 0 Å². The second kappa shape index (κ2) is 6.27. The summed E-state index contributed by atoms with van der Waals surface area (Å²) >= 11 is 0. The van der Waals surface area contributed by atoms with Crippen LogP contribution in [0.15, 0.2) is 24.3 Å². The van der Waals surface area contributed by atoms with Gasteiger partial charge in [-0.05, 0) is 49.1 Å². The Kier molecular flexibility index (Phi) is 4.31. The van der Waals surface area contributed by atoms with Crippen molar-refractivity contribution in [2.75, 3.05) is 0 Å². The summed E-state index contributed by atoms with van der Waals surface area (Å²) in [5.41, 5.74) is -1.02. The maximum atomic E-state index is 13.7.